The van der Waals surface area contributed by atoms with Crippen LogP contribution in [0.3, 0.4) is 0 Å². The number of rotatable bonds is 10. The number of carbonyl (C=O) groups is 1. The molecule has 0 aliphatic heterocycles. The van der Waals surface area contributed by atoms with Crippen molar-refractivity contribution in [1.82, 2.24) is 20.0 Å². The summed E-state index contributed by atoms with van der Waals surface area (Å²) in [5.41, 5.74) is 4.07. The summed E-state index contributed by atoms with van der Waals surface area (Å²) in [5, 5.41) is 7.74. The van der Waals surface area contributed by atoms with E-state index in [9.17, 15) is 4.79 Å². The molecular weight excluding hydrogens is 360 g/mol. The zero-order chi connectivity index (χ0) is 20.5. The molecule has 152 valence electrons. The fourth-order valence-electron chi connectivity index (χ4n) is 3.41. The van der Waals surface area contributed by atoms with Gasteiger partial charge in [-0.25, -0.2) is 0 Å². The summed E-state index contributed by atoms with van der Waals surface area (Å²) in [7, 11) is 0. The van der Waals surface area contributed by atoms with Crippen LogP contribution in [0.4, 0.5) is 0 Å². The quantitative estimate of drug-likeness (QED) is 0.531. The van der Waals surface area contributed by atoms with Gasteiger partial charge in [0.05, 0.1) is 0 Å². The molecule has 3 rings (SSSR count). The smallest absolute Gasteiger partial charge is 0.241 e. The normalized spacial score (nSPS) is 11.0. The van der Waals surface area contributed by atoms with Gasteiger partial charge in [0.25, 0.3) is 0 Å². The molecule has 0 atom stereocenters. The van der Waals surface area contributed by atoms with Crippen molar-refractivity contribution in [2.75, 3.05) is 26.2 Å². The van der Waals surface area contributed by atoms with E-state index in [2.05, 4.69) is 36.2 Å². The highest BCUT2D eigenvalue weighted by Gasteiger charge is 2.14. The van der Waals surface area contributed by atoms with Crippen LogP contribution in [-0.4, -0.2) is 46.8 Å². The van der Waals surface area contributed by atoms with E-state index in [1.165, 1.54) is 0 Å². The van der Waals surface area contributed by atoms with Crippen LogP contribution in [-0.2, 0) is 11.3 Å². The first kappa shape index (κ1) is 20.8. The van der Waals surface area contributed by atoms with Crippen molar-refractivity contribution in [3.63, 3.8) is 0 Å². The molecule has 1 N–H and O–H groups in total. The molecule has 0 spiro atoms. The van der Waals surface area contributed by atoms with Crippen LogP contribution >= 0.6 is 0 Å². The highest BCUT2D eigenvalue weighted by molar-refractivity contribution is 5.81. The lowest BCUT2D eigenvalue weighted by atomic mass is 10.0. The molecule has 0 saturated carbocycles. The lowest BCUT2D eigenvalue weighted by Crippen LogP contribution is -2.31. The van der Waals surface area contributed by atoms with Crippen molar-refractivity contribution in [3.05, 3.63) is 66.9 Å². The average molecular weight is 391 g/mol. The fraction of sp³-hybridized carbons (Fsp3) is 0.333. The second-order valence-corrected chi connectivity index (χ2v) is 7.05. The van der Waals surface area contributed by atoms with E-state index >= 15 is 0 Å². The maximum Gasteiger partial charge on any atom is 0.241 e. The Morgan fingerprint density at radius 2 is 1.59 bits per heavy atom. The summed E-state index contributed by atoms with van der Waals surface area (Å²) in [6, 6.07) is 20.3. The molecule has 1 aromatic heterocycles. The molecule has 2 aromatic carbocycles. The number of aromatic nitrogens is 2. The van der Waals surface area contributed by atoms with E-state index in [1.54, 1.807) is 4.68 Å². The average Bonchev–Trinajstić information content (AvgIpc) is 3.19. The van der Waals surface area contributed by atoms with Gasteiger partial charge in [-0.1, -0.05) is 74.5 Å². The van der Waals surface area contributed by atoms with Crippen molar-refractivity contribution in [2.45, 2.75) is 26.8 Å². The Morgan fingerprint density at radius 3 is 2.21 bits per heavy atom. The third-order valence-electron chi connectivity index (χ3n) is 5.07. The molecule has 1 amide bonds. The van der Waals surface area contributed by atoms with Crippen LogP contribution in [0.15, 0.2) is 66.9 Å². The molecule has 29 heavy (non-hydrogen) atoms. The Balaban J connectivity index is 1.69. The second-order valence-electron chi connectivity index (χ2n) is 7.05. The van der Waals surface area contributed by atoms with Crippen LogP contribution < -0.4 is 5.32 Å². The van der Waals surface area contributed by atoms with Gasteiger partial charge in [0, 0.05) is 23.9 Å². The van der Waals surface area contributed by atoms with Crippen LogP contribution in [0, 0.1) is 0 Å². The number of amides is 1. The van der Waals surface area contributed by atoms with Gasteiger partial charge in [0.1, 0.15) is 12.2 Å². The zero-order valence-electron chi connectivity index (χ0n) is 17.3. The van der Waals surface area contributed by atoms with Crippen LogP contribution in [0.1, 0.15) is 20.3 Å². The van der Waals surface area contributed by atoms with Gasteiger partial charge >= 0.3 is 0 Å². The highest BCUT2D eigenvalue weighted by Crippen LogP contribution is 2.30. The number of hydrogen-bond donors (Lipinski definition) is 1. The van der Waals surface area contributed by atoms with E-state index in [0.717, 1.165) is 48.4 Å². The zero-order valence-corrected chi connectivity index (χ0v) is 17.3. The van der Waals surface area contributed by atoms with Crippen molar-refractivity contribution in [3.8, 4) is 22.4 Å². The standard InChI is InChI=1S/C24H30N4O/c1-3-27(4-2)17-11-16-25-23(29)19-28-18-22(20-12-7-5-8-13-20)24(26-28)21-14-9-6-10-15-21/h5-10,12-15,18H,3-4,11,16-17,19H2,1-2H3,(H,25,29). The first-order valence-corrected chi connectivity index (χ1v) is 10.4. The van der Waals surface area contributed by atoms with Crippen molar-refractivity contribution in [2.24, 2.45) is 0 Å². The minimum atomic E-state index is -0.00808. The predicted molar refractivity (Wildman–Crippen MR) is 119 cm³/mol. The number of benzene rings is 2. The molecule has 1 heterocycles. The van der Waals surface area contributed by atoms with E-state index in [0.29, 0.717) is 6.54 Å². The monoisotopic (exact) mass is 390 g/mol. The largest absolute Gasteiger partial charge is 0.354 e. The topological polar surface area (TPSA) is 50.2 Å². The molecule has 5 heteroatoms. The number of carbonyl (C=O) groups excluding carboxylic acids is 1. The minimum Gasteiger partial charge on any atom is -0.354 e. The lowest BCUT2D eigenvalue weighted by Gasteiger charge is -2.17. The van der Waals surface area contributed by atoms with Gasteiger partial charge < -0.3 is 10.2 Å². The first-order chi connectivity index (χ1) is 14.2. The number of nitrogens with one attached hydrogen (secondary N) is 1. The number of hydrogen-bond acceptors (Lipinski definition) is 3. The maximum atomic E-state index is 12.4. The molecule has 0 radical (unpaired) electrons. The third kappa shape index (κ3) is 5.78. The SMILES string of the molecule is CCN(CC)CCCNC(=O)Cn1cc(-c2ccccc2)c(-c2ccccc2)n1. The van der Waals surface area contributed by atoms with Crippen LogP contribution in [0.25, 0.3) is 22.4 Å². The molecule has 5 nitrogen and oxygen atoms in total. The van der Waals surface area contributed by atoms with E-state index in [4.69, 9.17) is 5.10 Å². The van der Waals surface area contributed by atoms with Gasteiger partial charge in [-0.2, -0.15) is 5.10 Å². The lowest BCUT2D eigenvalue weighted by molar-refractivity contribution is -0.121. The third-order valence-corrected chi connectivity index (χ3v) is 5.07. The summed E-state index contributed by atoms with van der Waals surface area (Å²) in [5.74, 6) is -0.00808. The van der Waals surface area contributed by atoms with Gasteiger partial charge in [0.15, 0.2) is 0 Å². The summed E-state index contributed by atoms with van der Waals surface area (Å²) < 4.78 is 1.74. The Hall–Kier alpha value is -2.92. The Kier molecular flexibility index (Phi) is 7.59. The first-order valence-electron chi connectivity index (χ1n) is 10.4. The molecule has 0 unspecified atom stereocenters. The van der Waals surface area contributed by atoms with Crippen molar-refractivity contribution < 1.29 is 4.79 Å². The Bertz CT molecular complexity index is 829. The minimum absolute atomic E-state index is 0.00808. The summed E-state index contributed by atoms with van der Waals surface area (Å²) in [6.07, 6.45) is 2.92. The van der Waals surface area contributed by atoms with Gasteiger partial charge in [-0.05, 0) is 31.6 Å². The maximum absolute atomic E-state index is 12.4. The van der Waals surface area contributed by atoms with Crippen molar-refractivity contribution >= 4 is 5.91 Å². The highest BCUT2D eigenvalue weighted by atomic mass is 16.2. The summed E-state index contributed by atoms with van der Waals surface area (Å²) in [4.78, 5) is 14.8. The van der Waals surface area contributed by atoms with Crippen molar-refractivity contribution in [1.29, 1.82) is 0 Å². The Morgan fingerprint density at radius 1 is 0.966 bits per heavy atom. The second kappa shape index (κ2) is 10.6. The fourth-order valence-corrected chi connectivity index (χ4v) is 3.41. The van der Waals surface area contributed by atoms with Gasteiger partial charge in [-0.15, -0.1) is 0 Å². The Labute approximate surface area is 173 Å². The van der Waals surface area contributed by atoms with Gasteiger partial charge in [0.2, 0.25) is 5.91 Å². The summed E-state index contributed by atoms with van der Waals surface area (Å²) >= 11 is 0. The molecular formula is C24H30N4O. The number of nitrogens with zero attached hydrogens (tertiary/aromatic N) is 3. The molecule has 3 aromatic rings. The van der Waals surface area contributed by atoms with Crippen LogP contribution in [0.5, 0.6) is 0 Å². The van der Waals surface area contributed by atoms with Gasteiger partial charge in [-0.3, -0.25) is 9.48 Å². The van der Waals surface area contributed by atoms with Crippen LogP contribution in [0.2, 0.25) is 0 Å². The van der Waals surface area contributed by atoms with E-state index < -0.39 is 0 Å². The molecule has 0 bridgehead atoms. The molecule has 0 fully saturated rings. The summed E-state index contributed by atoms with van der Waals surface area (Å²) in [6.45, 7) is 8.32. The van der Waals surface area contributed by atoms with E-state index in [1.807, 2.05) is 54.7 Å². The van der Waals surface area contributed by atoms with E-state index in [-0.39, 0.29) is 12.5 Å². The molecule has 0 aliphatic rings. The predicted octanol–water partition coefficient (Wildman–Crippen LogP) is 4.07. The molecule has 0 saturated heterocycles. The molecule has 0 aliphatic carbocycles.